The molecule has 0 aliphatic carbocycles. The largest absolute Gasteiger partial charge is 0.322 e. The Morgan fingerprint density at radius 1 is 1.07 bits per heavy atom. The quantitative estimate of drug-likeness (QED) is 0.254. The highest BCUT2D eigenvalue weighted by Crippen LogP contribution is 2.26. The standard InChI is InChI=1S/C22H16BrN3O2S2/c23-20-10-9-19(30-20)18(27)14-29-22-24-11-12-26(22)17-8-4-5-15(13-17)21(28)25-16-6-2-1-3-7-16/h1-13H,14H2,(H,25,28). The van der Waals surface area contributed by atoms with Crippen molar-refractivity contribution in [2.45, 2.75) is 5.16 Å². The first kappa shape index (κ1) is 20.6. The molecule has 0 aliphatic rings. The van der Waals surface area contributed by atoms with Crippen LogP contribution in [0.4, 0.5) is 5.69 Å². The summed E-state index contributed by atoms with van der Waals surface area (Å²) in [5, 5.41) is 3.58. The Morgan fingerprint density at radius 3 is 2.67 bits per heavy atom. The highest BCUT2D eigenvalue weighted by atomic mass is 79.9. The second kappa shape index (κ2) is 9.42. The molecule has 8 heteroatoms. The van der Waals surface area contributed by atoms with Crippen LogP contribution in [0.1, 0.15) is 20.0 Å². The van der Waals surface area contributed by atoms with Crippen LogP contribution < -0.4 is 5.32 Å². The maximum absolute atomic E-state index is 12.6. The van der Waals surface area contributed by atoms with E-state index >= 15 is 0 Å². The van der Waals surface area contributed by atoms with Gasteiger partial charge in [0.25, 0.3) is 5.91 Å². The molecular weight excluding hydrogens is 482 g/mol. The molecule has 0 fully saturated rings. The Balaban J connectivity index is 1.48. The predicted molar refractivity (Wildman–Crippen MR) is 125 cm³/mol. The molecule has 0 bridgehead atoms. The summed E-state index contributed by atoms with van der Waals surface area (Å²) in [6.45, 7) is 0. The lowest BCUT2D eigenvalue weighted by Gasteiger charge is -2.10. The zero-order valence-electron chi connectivity index (χ0n) is 15.6. The zero-order valence-corrected chi connectivity index (χ0v) is 18.8. The molecule has 2 aromatic heterocycles. The molecule has 4 rings (SSSR count). The summed E-state index contributed by atoms with van der Waals surface area (Å²) in [5.74, 6) is 0.162. The van der Waals surface area contributed by atoms with E-state index in [-0.39, 0.29) is 17.4 Å². The average Bonchev–Trinajstić information content (AvgIpc) is 3.42. The molecule has 2 heterocycles. The molecule has 150 valence electrons. The number of hydrogen-bond donors (Lipinski definition) is 1. The van der Waals surface area contributed by atoms with Gasteiger partial charge >= 0.3 is 0 Å². The first-order valence-electron chi connectivity index (χ1n) is 9.02. The second-order valence-electron chi connectivity index (χ2n) is 6.27. The molecule has 5 nitrogen and oxygen atoms in total. The van der Waals surface area contributed by atoms with Crippen molar-refractivity contribution in [2.75, 3.05) is 11.1 Å². The van der Waals surface area contributed by atoms with E-state index in [1.165, 1.54) is 23.1 Å². The molecule has 0 atom stereocenters. The fourth-order valence-corrected chi connectivity index (χ4v) is 5.05. The molecule has 0 aliphatic heterocycles. The molecule has 0 radical (unpaired) electrons. The van der Waals surface area contributed by atoms with Gasteiger partial charge in [-0.3, -0.25) is 14.2 Å². The molecule has 0 saturated carbocycles. The minimum Gasteiger partial charge on any atom is -0.322 e. The first-order valence-corrected chi connectivity index (χ1v) is 11.6. The number of benzene rings is 2. The van der Waals surface area contributed by atoms with Crippen LogP contribution in [0.3, 0.4) is 0 Å². The number of anilines is 1. The average molecular weight is 498 g/mol. The van der Waals surface area contributed by atoms with Gasteiger partial charge in [0.2, 0.25) is 0 Å². The van der Waals surface area contributed by atoms with Gasteiger partial charge in [-0.2, -0.15) is 0 Å². The molecule has 4 aromatic rings. The molecular formula is C22H16BrN3O2S2. The number of amides is 1. The van der Waals surface area contributed by atoms with E-state index in [2.05, 4.69) is 26.2 Å². The van der Waals surface area contributed by atoms with E-state index in [0.717, 1.165) is 15.2 Å². The van der Waals surface area contributed by atoms with Crippen molar-refractivity contribution in [1.82, 2.24) is 9.55 Å². The number of nitrogens with zero attached hydrogens (tertiary/aromatic N) is 2. The number of thiophene rings is 1. The number of rotatable bonds is 7. The molecule has 0 saturated heterocycles. The van der Waals surface area contributed by atoms with Gasteiger partial charge in [-0.1, -0.05) is 36.0 Å². The van der Waals surface area contributed by atoms with Gasteiger partial charge in [-0.05, 0) is 58.4 Å². The Morgan fingerprint density at radius 2 is 1.90 bits per heavy atom. The predicted octanol–water partition coefficient (Wildman–Crippen LogP) is 5.92. The number of thioether (sulfide) groups is 1. The summed E-state index contributed by atoms with van der Waals surface area (Å²) >= 11 is 6.17. The smallest absolute Gasteiger partial charge is 0.255 e. The number of ketones is 1. The monoisotopic (exact) mass is 497 g/mol. The maximum Gasteiger partial charge on any atom is 0.255 e. The number of carbonyl (C=O) groups is 2. The number of imidazole rings is 1. The number of aromatic nitrogens is 2. The summed E-state index contributed by atoms with van der Waals surface area (Å²) in [7, 11) is 0. The van der Waals surface area contributed by atoms with Crippen molar-refractivity contribution < 1.29 is 9.59 Å². The van der Waals surface area contributed by atoms with Crippen molar-refractivity contribution >= 4 is 56.4 Å². The number of hydrogen-bond acceptors (Lipinski definition) is 5. The summed E-state index contributed by atoms with van der Waals surface area (Å²) < 4.78 is 2.81. The number of nitrogens with one attached hydrogen (secondary N) is 1. The van der Waals surface area contributed by atoms with E-state index in [9.17, 15) is 9.59 Å². The van der Waals surface area contributed by atoms with Crippen LogP contribution in [-0.4, -0.2) is 27.0 Å². The van der Waals surface area contributed by atoms with E-state index in [0.29, 0.717) is 15.6 Å². The SMILES string of the molecule is O=C(Nc1ccccc1)c1cccc(-n2ccnc2SCC(=O)c2ccc(Br)s2)c1. The lowest BCUT2D eigenvalue weighted by Crippen LogP contribution is -2.12. The molecule has 2 aromatic carbocycles. The lowest BCUT2D eigenvalue weighted by molar-refractivity contribution is 0.101. The van der Waals surface area contributed by atoms with Gasteiger partial charge in [0.1, 0.15) is 0 Å². The third-order valence-electron chi connectivity index (χ3n) is 4.21. The molecule has 1 N–H and O–H groups in total. The fourth-order valence-electron chi connectivity index (χ4n) is 2.78. The van der Waals surface area contributed by atoms with Gasteiger partial charge in [0.05, 0.1) is 14.4 Å². The van der Waals surface area contributed by atoms with Crippen LogP contribution in [0.25, 0.3) is 5.69 Å². The summed E-state index contributed by atoms with van der Waals surface area (Å²) in [4.78, 5) is 30.1. The highest BCUT2D eigenvalue weighted by molar-refractivity contribution is 9.11. The van der Waals surface area contributed by atoms with Gasteiger partial charge in [0, 0.05) is 29.3 Å². The maximum atomic E-state index is 12.6. The summed E-state index contributed by atoms with van der Waals surface area (Å²) in [6, 6.07) is 20.3. The normalized spacial score (nSPS) is 10.7. The first-order chi connectivity index (χ1) is 14.6. The van der Waals surface area contributed by atoms with E-state index in [1.54, 1.807) is 12.3 Å². The van der Waals surface area contributed by atoms with Gasteiger partial charge in [-0.25, -0.2) is 4.98 Å². The van der Waals surface area contributed by atoms with Crippen LogP contribution >= 0.6 is 39.0 Å². The zero-order chi connectivity index (χ0) is 20.9. The van der Waals surface area contributed by atoms with E-state index in [4.69, 9.17) is 0 Å². The van der Waals surface area contributed by atoms with Gasteiger partial charge in [0.15, 0.2) is 10.9 Å². The molecule has 0 unspecified atom stereocenters. The summed E-state index contributed by atoms with van der Waals surface area (Å²) in [6.07, 6.45) is 3.51. The number of para-hydroxylation sites is 1. The van der Waals surface area contributed by atoms with Crippen molar-refractivity contribution in [3.8, 4) is 5.69 Å². The number of carbonyl (C=O) groups excluding carboxylic acids is 2. The van der Waals surface area contributed by atoms with Crippen molar-refractivity contribution in [1.29, 1.82) is 0 Å². The van der Waals surface area contributed by atoms with Gasteiger partial charge < -0.3 is 5.32 Å². The highest BCUT2D eigenvalue weighted by Gasteiger charge is 2.14. The molecule has 1 amide bonds. The minimum absolute atomic E-state index is 0.0567. The van der Waals surface area contributed by atoms with Crippen LogP contribution in [0.5, 0.6) is 0 Å². The van der Waals surface area contributed by atoms with E-state index in [1.807, 2.05) is 71.4 Å². The van der Waals surface area contributed by atoms with Crippen LogP contribution in [-0.2, 0) is 0 Å². The van der Waals surface area contributed by atoms with Crippen LogP contribution in [0, 0.1) is 0 Å². The topological polar surface area (TPSA) is 64.0 Å². The van der Waals surface area contributed by atoms with Crippen molar-refractivity contribution in [3.63, 3.8) is 0 Å². The third-order valence-corrected chi connectivity index (χ3v) is 6.84. The Labute approximate surface area is 190 Å². The van der Waals surface area contributed by atoms with Gasteiger partial charge in [-0.15, -0.1) is 11.3 Å². The lowest BCUT2D eigenvalue weighted by atomic mass is 10.2. The number of Topliss-reactive ketones (excluding diaryl/α,β-unsaturated/α-hetero) is 1. The minimum atomic E-state index is -0.184. The van der Waals surface area contributed by atoms with Crippen molar-refractivity contribution in [2.24, 2.45) is 0 Å². The second-order valence-corrected chi connectivity index (χ2v) is 9.67. The third kappa shape index (κ3) is 4.89. The molecule has 0 spiro atoms. The van der Waals surface area contributed by atoms with Crippen molar-refractivity contribution in [3.05, 3.63) is 93.4 Å². The van der Waals surface area contributed by atoms with E-state index < -0.39 is 0 Å². The Hall–Kier alpha value is -2.68. The van der Waals surface area contributed by atoms with Crippen LogP contribution in [0.15, 0.2) is 88.1 Å². The summed E-state index contributed by atoms with van der Waals surface area (Å²) in [5.41, 5.74) is 2.09. The number of halogens is 1. The fraction of sp³-hybridized carbons (Fsp3) is 0.0455. The Kier molecular flexibility index (Phi) is 6.47. The Bertz CT molecular complexity index is 1190. The van der Waals surface area contributed by atoms with Crippen LogP contribution in [0.2, 0.25) is 0 Å². The molecule has 30 heavy (non-hydrogen) atoms.